The Balaban J connectivity index is 2.17. The highest BCUT2D eigenvalue weighted by atomic mass is 127. The first-order chi connectivity index (χ1) is 9.17. The number of aromatic nitrogens is 3. The van der Waals surface area contributed by atoms with Crippen LogP contribution in [0.5, 0.6) is 6.01 Å². The molecule has 0 unspecified atom stereocenters. The molecule has 0 saturated carbocycles. The summed E-state index contributed by atoms with van der Waals surface area (Å²) in [6.07, 6.45) is 0.878. The molecule has 0 saturated heterocycles. The highest BCUT2D eigenvalue weighted by molar-refractivity contribution is 14.1. The van der Waals surface area contributed by atoms with E-state index >= 15 is 0 Å². The van der Waals surface area contributed by atoms with Crippen LogP contribution in [0.1, 0.15) is 13.3 Å². The first-order valence-electron chi connectivity index (χ1n) is 5.74. The van der Waals surface area contributed by atoms with Crippen LogP contribution in [0.15, 0.2) is 24.3 Å². The third kappa shape index (κ3) is 4.46. The summed E-state index contributed by atoms with van der Waals surface area (Å²) in [5, 5.41) is 3.18. The van der Waals surface area contributed by atoms with E-state index in [2.05, 4.69) is 42.9 Å². The molecular formula is C12H12ClIN4O. The summed E-state index contributed by atoms with van der Waals surface area (Å²) >= 11 is 8.08. The molecule has 0 spiro atoms. The second-order valence-electron chi connectivity index (χ2n) is 3.69. The molecule has 1 aromatic carbocycles. The Morgan fingerprint density at radius 3 is 2.89 bits per heavy atom. The van der Waals surface area contributed by atoms with E-state index in [1.807, 2.05) is 31.2 Å². The fourth-order valence-electron chi connectivity index (χ4n) is 1.34. The van der Waals surface area contributed by atoms with Crippen molar-refractivity contribution in [2.45, 2.75) is 13.3 Å². The van der Waals surface area contributed by atoms with Crippen molar-refractivity contribution in [3.63, 3.8) is 0 Å². The molecule has 7 heteroatoms. The van der Waals surface area contributed by atoms with E-state index in [0.717, 1.165) is 15.7 Å². The molecule has 0 aliphatic carbocycles. The van der Waals surface area contributed by atoms with Crippen molar-refractivity contribution >= 4 is 45.8 Å². The monoisotopic (exact) mass is 390 g/mol. The lowest BCUT2D eigenvalue weighted by molar-refractivity contribution is 0.292. The van der Waals surface area contributed by atoms with Crippen LogP contribution in [0.25, 0.3) is 0 Å². The van der Waals surface area contributed by atoms with Crippen LogP contribution in [0, 0.1) is 3.57 Å². The van der Waals surface area contributed by atoms with Gasteiger partial charge < -0.3 is 10.1 Å². The molecule has 5 nitrogen and oxygen atoms in total. The van der Waals surface area contributed by atoms with Gasteiger partial charge in [-0.1, -0.05) is 13.0 Å². The zero-order chi connectivity index (χ0) is 13.7. The second-order valence-corrected chi connectivity index (χ2v) is 5.28. The average molecular weight is 391 g/mol. The lowest BCUT2D eigenvalue weighted by Gasteiger charge is -2.07. The van der Waals surface area contributed by atoms with Crippen molar-refractivity contribution < 1.29 is 4.74 Å². The maximum absolute atomic E-state index is 5.84. The Labute approximate surface area is 129 Å². The Kier molecular flexibility index (Phi) is 5.15. The zero-order valence-electron chi connectivity index (χ0n) is 10.2. The Hall–Kier alpha value is -1.15. The number of rotatable bonds is 5. The minimum absolute atomic E-state index is 0.106. The number of nitrogens with one attached hydrogen (secondary N) is 1. The van der Waals surface area contributed by atoms with E-state index in [4.69, 9.17) is 16.3 Å². The van der Waals surface area contributed by atoms with Crippen LogP contribution in [-0.4, -0.2) is 21.6 Å². The summed E-state index contributed by atoms with van der Waals surface area (Å²) in [7, 11) is 0. The third-order valence-corrected chi connectivity index (χ3v) is 2.94. The van der Waals surface area contributed by atoms with Gasteiger partial charge in [0.1, 0.15) is 0 Å². The van der Waals surface area contributed by atoms with Crippen LogP contribution in [0.2, 0.25) is 5.28 Å². The van der Waals surface area contributed by atoms with Gasteiger partial charge in [0.2, 0.25) is 11.2 Å². The molecule has 0 aliphatic heterocycles. The summed E-state index contributed by atoms with van der Waals surface area (Å²) in [5.41, 5.74) is 0.885. The Morgan fingerprint density at radius 2 is 2.16 bits per heavy atom. The first kappa shape index (κ1) is 14.3. The third-order valence-electron chi connectivity index (χ3n) is 2.10. The molecule has 2 rings (SSSR count). The summed E-state index contributed by atoms with van der Waals surface area (Å²) in [5.74, 6) is 0.369. The number of hydrogen-bond donors (Lipinski definition) is 1. The Morgan fingerprint density at radius 1 is 1.32 bits per heavy atom. The molecule has 0 radical (unpaired) electrons. The molecule has 100 valence electrons. The molecule has 19 heavy (non-hydrogen) atoms. The number of anilines is 2. The predicted molar refractivity (Wildman–Crippen MR) is 83.1 cm³/mol. The number of hydrogen-bond acceptors (Lipinski definition) is 5. The van der Waals surface area contributed by atoms with E-state index in [0.29, 0.717) is 12.6 Å². The molecule has 1 heterocycles. The van der Waals surface area contributed by atoms with E-state index < -0.39 is 0 Å². The van der Waals surface area contributed by atoms with Gasteiger partial charge in [0.25, 0.3) is 0 Å². The molecule has 0 bridgehead atoms. The van der Waals surface area contributed by atoms with Crippen LogP contribution in [-0.2, 0) is 0 Å². The van der Waals surface area contributed by atoms with E-state index in [1.165, 1.54) is 0 Å². The van der Waals surface area contributed by atoms with Gasteiger partial charge in [-0.3, -0.25) is 0 Å². The van der Waals surface area contributed by atoms with E-state index in [-0.39, 0.29) is 11.3 Å². The van der Waals surface area contributed by atoms with Gasteiger partial charge in [0.05, 0.1) is 6.61 Å². The van der Waals surface area contributed by atoms with Gasteiger partial charge in [0, 0.05) is 9.26 Å². The maximum atomic E-state index is 5.84. The summed E-state index contributed by atoms with van der Waals surface area (Å²) in [6.45, 7) is 2.55. The van der Waals surface area contributed by atoms with E-state index in [1.54, 1.807) is 0 Å². The molecule has 0 aliphatic rings. The summed E-state index contributed by atoms with van der Waals surface area (Å²) in [6, 6.07) is 8.08. The van der Waals surface area contributed by atoms with Crippen molar-refractivity contribution in [2.24, 2.45) is 0 Å². The smallest absolute Gasteiger partial charge is 0.322 e. The molecule has 0 fully saturated rings. The largest absolute Gasteiger partial charge is 0.463 e. The predicted octanol–water partition coefficient (Wildman–Crippen LogP) is 3.66. The fraction of sp³-hybridized carbons (Fsp3) is 0.250. The van der Waals surface area contributed by atoms with Crippen molar-refractivity contribution in [1.82, 2.24) is 15.0 Å². The van der Waals surface area contributed by atoms with Crippen LogP contribution >= 0.6 is 34.2 Å². The SMILES string of the molecule is CCCOc1nc(Cl)nc(Nc2cccc(I)c2)n1. The molecule has 2 aromatic rings. The minimum Gasteiger partial charge on any atom is -0.463 e. The molecule has 0 amide bonds. The van der Waals surface area contributed by atoms with Crippen LogP contribution in [0.4, 0.5) is 11.6 Å². The normalized spacial score (nSPS) is 10.3. The topological polar surface area (TPSA) is 59.9 Å². The van der Waals surface area contributed by atoms with Crippen molar-refractivity contribution in [3.8, 4) is 6.01 Å². The number of halogens is 2. The van der Waals surface area contributed by atoms with Gasteiger partial charge >= 0.3 is 6.01 Å². The lowest BCUT2D eigenvalue weighted by atomic mass is 10.3. The Bertz CT molecular complexity index is 567. The van der Waals surface area contributed by atoms with E-state index in [9.17, 15) is 0 Å². The minimum atomic E-state index is 0.106. The highest BCUT2D eigenvalue weighted by Gasteiger charge is 2.06. The van der Waals surface area contributed by atoms with Gasteiger partial charge in [-0.05, 0) is 58.8 Å². The van der Waals surface area contributed by atoms with Gasteiger partial charge in [-0.2, -0.15) is 15.0 Å². The summed E-state index contributed by atoms with van der Waals surface area (Å²) < 4.78 is 6.47. The van der Waals surface area contributed by atoms with Crippen LogP contribution < -0.4 is 10.1 Å². The van der Waals surface area contributed by atoms with Crippen molar-refractivity contribution in [1.29, 1.82) is 0 Å². The molecular weight excluding hydrogens is 379 g/mol. The van der Waals surface area contributed by atoms with Gasteiger partial charge in [0.15, 0.2) is 0 Å². The van der Waals surface area contributed by atoms with Gasteiger partial charge in [-0.25, -0.2) is 0 Å². The number of nitrogens with zero attached hydrogens (tertiary/aromatic N) is 3. The summed E-state index contributed by atoms with van der Waals surface area (Å²) in [4.78, 5) is 12.1. The molecule has 0 atom stereocenters. The number of benzene rings is 1. The average Bonchev–Trinajstić information content (AvgIpc) is 2.35. The second kappa shape index (κ2) is 6.85. The number of ether oxygens (including phenoxy) is 1. The van der Waals surface area contributed by atoms with Crippen molar-refractivity contribution in [2.75, 3.05) is 11.9 Å². The molecule has 1 N–H and O–H groups in total. The van der Waals surface area contributed by atoms with Gasteiger partial charge in [-0.15, -0.1) is 0 Å². The van der Waals surface area contributed by atoms with Crippen molar-refractivity contribution in [3.05, 3.63) is 33.1 Å². The highest BCUT2D eigenvalue weighted by Crippen LogP contribution is 2.18. The lowest BCUT2D eigenvalue weighted by Crippen LogP contribution is -2.04. The fourth-order valence-corrected chi connectivity index (χ4v) is 2.04. The standard InChI is InChI=1S/C12H12ClIN4O/c1-2-6-19-12-17-10(13)16-11(18-12)15-9-5-3-4-8(14)7-9/h3-5,7H,2,6H2,1H3,(H,15,16,17,18). The molecule has 1 aromatic heterocycles. The van der Waals surface area contributed by atoms with Crippen LogP contribution in [0.3, 0.4) is 0 Å². The quantitative estimate of drug-likeness (QED) is 0.790. The zero-order valence-corrected chi connectivity index (χ0v) is 13.1. The first-order valence-corrected chi connectivity index (χ1v) is 7.20. The maximum Gasteiger partial charge on any atom is 0.322 e.